The van der Waals surface area contributed by atoms with Crippen molar-refractivity contribution in [2.45, 2.75) is 51.1 Å². The van der Waals surface area contributed by atoms with Crippen molar-refractivity contribution >= 4 is 23.8 Å². The van der Waals surface area contributed by atoms with Crippen LogP contribution in [0.15, 0.2) is 84.1 Å². The number of carbonyl (C=O) groups excluding carboxylic acids is 3. The molecule has 0 radical (unpaired) electrons. The van der Waals surface area contributed by atoms with E-state index >= 15 is 0 Å². The van der Waals surface area contributed by atoms with Crippen LogP contribution >= 0.6 is 0 Å². The zero-order chi connectivity index (χ0) is 28.5. The van der Waals surface area contributed by atoms with E-state index in [4.69, 9.17) is 14.2 Å². The topological polar surface area (TPSA) is 106 Å². The fraction of sp³-hybridized carbons (Fsp3) is 0.281. The number of aliphatic hydroxyl groups is 1. The molecule has 0 aromatic heterocycles. The van der Waals surface area contributed by atoms with E-state index < -0.39 is 30.4 Å². The largest absolute Gasteiger partial charge is 0.512 e. The van der Waals surface area contributed by atoms with Crippen LogP contribution in [0.5, 0.6) is 0 Å². The molecule has 0 saturated carbocycles. The normalized spacial score (nSPS) is 18.9. The second kappa shape index (κ2) is 11.0. The molecule has 9 heteroatoms. The standard InChI is InChI=1S/C32H30N2O7/c1-39-30(36)28-27(35)17-26-24-15-22-13-8-14-23(22)16-25(24)33(31(37)40-18-20-9-4-2-5-10-20)29(28)34(26)32(38)41-19-21-11-6-3-7-12-21/h2-7,9-12,15-16,26,29,35H,8,13-14,17-19H2,1H3. The highest BCUT2D eigenvalue weighted by atomic mass is 16.6. The molecule has 2 bridgehead atoms. The highest BCUT2D eigenvalue weighted by Crippen LogP contribution is 2.49. The average Bonchev–Trinajstić information content (AvgIpc) is 3.46. The van der Waals surface area contributed by atoms with Crippen molar-refractivity contribution in [3.8, 4) is 0 Å². The lowest BCUT2D eigenvalue weighted by Crippen LogP contribution is -2.62. The van der Waals surface area contributed by atoms with Crippen LogP contribution in [0.3, 0.4) is 0 Å². The summed E-state index contributed by atoms with van der Waals surface area (Å²) in [6, 6.07) is 21.7. The highest BCUT2D eigenvalue weighted by molar-refractivity contribution is 5.99. The van der Waals surface area contributed by atoms with E-state index in [0.29, 0.717) is 11.3 Å². The van der Waals surface area contributed by atoms with Gasteiger partial charge in [-0.1, -0.05) is 66.7 Å². The van der Waals surface area contributed by atoms with Gasteiger partial charge in [0, 0.05) is 6.42 Å². The summed E-state index contributed by atoms with van der Waals surface area (Å²) in [6.45, 7) is -0.0251. The number of hydrogen-bond donors (Lipinski definition) is 1. The Labute approximate surface area is 237 Å². The molecule has 1 aliphatic carbocycles. The van der Waals surface area contributed by atoms with Crippen molar-refractivity contribution in [2.75, 3.05) is 12.0 Å². The lowest BCUT2D eigenvalue weighted by atomic mass is 9.85. The molecular formula is C32H30N2O7. The quantitative estimate of drug-likeness (QED) is 0.317. The molecule has 2 aliphatic heterocycles. The van der Waals surface area contributed by atoms with Crippen molar-refractivity contribution in [3.63, 3.8) is 0 Å². The maximum absolute atomic E-state index is 13.9. The molecule has 6 rings (SSSR count). The number of rotatable bonds is 5. The van der Waals surface area contributed by atoms with Gasteiger partial charge in [-0.05, 0) is 53.1 Å². The van der Waals surface area contributed by atoms with Gasteiger partial charge in [0.2, 0.25) is 0 Å². The van der Waals surface area contributed by atoms with Crippen LogP contribution < -0.4 is 4.90 Å². The number of esters is 1. The van der Waals surface area contributed by atoms with Crippen LogP contribution in [0.4, 0.5) is 15.3 Å². The number of fused-ring (bicyclic) bond motifs is 5. The predicted molar refractivity (Wildman–Crippen MR) is 149 cm³/mol. The molecule has 2 atom stereocenters. The van der Waals surface area contributed by atoms with Gasteiger partial charge in [-0.15, -0.1) is 0 Å². The summed E-state index contributed by atoms with van der Waals surface area (Å²) in [7, 11) is 1.19. The first-order valence-corrected chi connectivity index (χ1v) is 13.6. The van der Waals surface area contributed by atoms with Crippen LogP contribution in [-0.4, -0.2) is 41.4 Å². The fourth-order valence-electron chi connectivity index (χ4n) is 5.94. The summed E-state index contributed by atoms with van der Waals surface area (Å²) in [6.07, 6.45) is -0.147. The molecule has 2 amide bonds. The van der Waals surface area contributed by atoms with E-state index in [1.807, 2.05) is 72.8 Å². The lowest BCUT2D eigenvalue weighted by Gasteiger charge is -2.50. The van der Waals surface area contributed by atoms with Gasteiger partial charge in [0.05, 0.1) is 18.8 Å². The van der Waals surface area contributed by atoms with E-state index in [1.165, 1.54) is 16.9 Å². The molecule has 1 N–H and O–H groups in total. The third kappa shape index (κ3) is 4.88. The molecule has 41 heavy (non-hydrogen) atoms. The molecule has 3 aromatic rings. The van der Waals surface area contributed by atoms with Gasteiger partial charge >= 0.3 is 18.2 Å². The minimum absolute atomic E-state index is 0.00559. The van der Waals surface area contributed by atoms with Crippen LogP contribution in [0, 0.1) is 0 Å². The average molecular weight is 555 g/mol. The number of aliphatic hydroxyl groups excluding tert-OH is 1. The Morgan fingerprint density at radius 1 is 0.854 bits per heavy atom. The predicted octanol–water partition coefficient (Wildman–Crippen LogP) is 5.73. The minimum Gasteiger partial charge on any atom is -0.512 e. The van der Waals surface area contributed by atoms with Gasteiger partial charge in [0.25, 0.3) is 0 Å². The lowest BCUT2D eigenvalue weighted by molar-refractivity contribution is -0.137. The van der Waals surface area contributed by atoms with Crippen molar-refractivity contribution in [1.29, 1.82) is 0 Å². The summed E-state index contributed by atoms with van der Waals surface area (Å²) >= 11 is 0. The Morgan fingerprint density at radius 3 is 2.05 bits per heavy atom. The molecule has 2 unspecified atom stereocenters. The van der Waals surface area contributed by atoms with E-state index in [0.717, 1.165) is 41.5 Å². The van der Waals surface area contributed by atoms with E-state index in [-0.39, 0.29) is 31.0 Å². The van der Waals surface area contributed by atoms with E-state index in [1.54, 1.807) is 0 Å². The van der Waals surface area contributed by atoms with Crippen LogP contribution in [0.1, 0.15) is 46.7 Å². The second-order valence-corrected chi connectivity index (χ2v) is 10.3. The smallest absolute Gasteiger partial charge is 0.416 e. The number of methoxy groups -OCH3 is 1. The second-order valence-electron chi connectivity index (χ2n) is 10.3. The molecule has 2 heterocycles. The molecule has 0 spiro atoms. The van der Waals surface area contributed by atoms with Gasteiger partial charge in [-0.3, -0.25) is 9.80 Å². The maximum Gasteiger partial charge on any atom is 0.416 e. The Balaban J connectivity index is 1.44. The maximum atomic E-state index is 13.9. The number of hydrogen-bond acceptors (Lipinski definition) is 7. The third-order valence-corrected chi connectivity index (χ3v) is 7.88. The molecule has 9 nitrogen and oxygen atoms in total. The van der Waals surface area contributed by atoms with Gasteiger partial charge < -0.3 is 19.3 Å². The number of nitrogens with zero attached hydrogens (tertiary/aromatic N) is 2. The Bertz CT molecular complexity index is 1520. The van der Waals surface area contributed by atoms with Gasteiger partial charge in [0.15, 0.2) is 6.17 Å². The van der Waals surface area contributed by atoms with Crippen molar-refractivity contribution in [2.24, 2.45) is 0 Å². The van der Waals surface area contributed by atoms with E-state index in [2.05, 4.69) is 0 Å². The zero-order valence-corrected chi connectivity index (χ0v) is 22.6. The van der Waals surface area contributed by atoms with Gasteiger partial charge in [-0.25, -0.2) is 14.4 Å². The van der Waals surface area contributed by atoms with Crippen LogP contribution in [0.2, 0.25) is 0 Å². The third-order valence-electron chi connectivity index (χ3n) is 7.88. The summed E-state index contributed by atoms with van der Waals surface area (Å²) in [5, 5.41) is 11.1. The van der Waals surface area contributed by atoms with Crippen molar-refractivity contribution in [3.05, 3.63) is 112 Å². The SMILES string of the molecule is COC(=O)C1=C(O)CC2c3cc4c(cc3N(C(=O)OCc3ccccc3)C1N2C(=O)OCc1ccccc1)CCC4. The van der Waals surface area contributed by atoms with E-state index in [9.17, 15) is 19.5 Å². The number of amides is 2. The number of anilines is 1. The highest BCUT2D eigenvalue weighted by Gasteiger charge is 2.53. The van der Waals surface area contributed by atoms with Gasteiger partial charge in [-0.2, -0.15) is 0 Å². The monoisotopic (exact) mass is 554 g/mol. The van der Waals surface area contributed by atoms with Crippen LogP contribution in [-0.2, 0) is 45.1 Å². The number of ether oxygens (including phenoxy) is 3. The zero-order valence-electron chi connectivity index (χ0n) is 22.6. The summed E-state index contributed by atoms with van der Waals surface area (Å²) < 4.78 is 16.5. The number of aryl methyl sites for hydroxylation is 2. The molecular weight excluding hydrogens is 524 g/mol. The van der Waals surface area contributed by atoms with Gasteiger partial charge in [0.1, 0.15) is 24.5 Å². The molecule has 3 aliphatic rings. The first-order valence-electron chi connectivity index (χ1n) is 13.6. The first kappa shape index (κ1) is 26.4. The van der Waals surface area contributed by atoms with Crippen molar-refractivity contribution < 1.29 is 33.7 Å². The molecule has 0 saturated heterocycles. The Hall–Kier alpha value is -4.79. The summed E-state index contributed by atoms with van der Waals surface area (Å²) in [5.74, 6) is -1.09. The summed E-state index contributed by atoms with van der Waals surface area (Å²) in [4.78, 5) is 43.4. The van der Waals surface area contributed by atoms with Crippen LogP contribution in [0.25, 0.3) is 0 Å². The van der Waals surface area contributed by atoms with Crippen molar-refractivity contribution in [1.82, 2.24) is 4.90 Å². The Morgan fingerprint density at radius 2 is 1.44 bits per heavy atom. The first-order chi connectivity index (χ1) is 20.0. The molecule has 210 valence electrons. The molecule has 3 aromatic carbocycles. The number of benzene rings is 3. The number of carbonyl (C=O) groups is 3. The fourth-order valence-corrected chi connectivity index (χ4v) is 5.94. The summed E-state index contributed by atoms with van der Waals surface area (Å²) in [5.41, 5.74) is 4.83. The Kier molecular flexibility index (Phi) is 7.09. The minimum atomic E-state index is -1.33. The molecule has 0 fully saturated rings.